The maximum absolute atomic E-state index is 13.0. The van der Waals surface area contributed by atoms with Crippen molar-refractivity contribution in [3.05, 3.63) is 95.6 Å². The van der Waals surface area contributed by atoms with Crippen molar-refractivity contribution in [3.63, 3.8) is 0 Å². The van der Waals surface area contributed by atoms with E-state index in [1.807, 2.05) is 60.7 Å². The van der Waals surface area contributed by atoms with Crippen molar-refractivity contribution in [2.45, 2.75) is 5.79 Å². The van der Waals surface area contributed by atoms with E-state index >= 15 is 0 Å². The molecule has 156 valence electrons. The molecule has 1 saturated heterocycles. The number of amides is 2. The zero-order valence-corrected chi connectivity index (χ0v) is 16.9. The number of benzene rings is 3. The molecule has 6 heteroatoms. The van der Waals surface area contributed by atoms with E-state index in [4.69, 9.17) is 9.47 Å². The van der Waals surface area contributed by atoms with Crippen molar-refractivity contribution in [3.8, 4) is 11.5 Å². The lowest BCUT2D eigenvalue weighted by molar-refractivity contribution is -0.119. The Morgan fingerprint density at radius 1 is 0.774 bits per heavy atom. The first kappa shape index (κ1) is 19.2. The molecule has 3 aromatic carbocycles. The van der Waals surface area contributed by atoms with E-state index in [1.54, 1.807) is 28.0 Å². The zero-order chi connectivity index (χ0) is 21.3. The molecule has 2 heterocycles. The van der Waals surface area contributed by atoms with Crippen molar-refractivity contribution < 1.29 is 19.1 Å². The lowest BCUT2D eigenvalue weighted by Gasteiger charge is -2.32. The minimum absolute atomic E-state index is 0.0751. The Hall–Kier alpha value is -3.80. The Morgan fingerprint density at radius 2 is 1.35 bits per heavy atom. The molecule has 0 bridgehead atoms. The van der Waals surface area contributed by atoms with Gasteiger partial charge in [-0.15, -0.1) is 0 Å². The molecule has 0 saturated carbocycles. The largest absolute Gasteiger partial charge is 0.440 e. The van der Waals surface area contributed by atoms with Gasteiger partial charge in [-0.25, -0.2) is 0 Å². The summed E-state index contributed by atoms with van der Waals surface area (Å²) >= 11 is 0. The first-order valence-electron chi connectivity index (χ1n) is 10.3. The van der Waals surface area contributed by atoms with Gasteiger partial charge in [-0.2, -0.15) is 0 Å². The predicted octanol–water partition coefficient (Wildman–Crippen LogP) is 3.27. The first-order valence-corrected chi connectivity index (χ1v) is 10.3. The van der Waals surface area contributed by atoms with Crippen LogP contribution >= 0.6 is 0 Å². The predicted molar refractivity (Wildman–Crippen MR) is 115 cm³/mol. The summed E-state index contributed by atoms with van der Waals surface area (Å²) < 4.78 is 12.8. The summed E-state index contributed by atoms with van der Waals surface area (Å²) in [6.45, 7) is 2.13. The Kier molecular flexibility index (Phi) is 4.82. The second-order valence-electron chi connectivity index (χ2n) is 7.65. The van der Waals surface area contributed by atoms with Crippen LogP contribution in [0.3, 0.4) is 0 Å². The number of fused-ring (bicyclic) bond motifs is 1. The third kappa shape index (κ3) is 3.40. The van der Waals surface area contributed by atoms with Gasteiger partial charge in [0.25, 0.3) is 5.91 Å². The second kappa shape index (κ2) is 7.80. The van der Waals surface area contributed by atoms with Crippen LogP contribution in [-0.2, 0) is 10.6 Å². The highest BCUT2D eigenvalue weighted by Crippen LogP contribution is 2.47. The molecule has 0 radical (unpaired) electrons. The van der Waals surface area contributed by atoms with E-state index in [1.165, 1.54) is 0 Å². The molecule has 31 heavy (non-hydrogen) atoms. The molecule has 2 aliphatic heterocycles. The van der Waals surface area contributed by atoms with Crippen LogP contribution in [0.4, 0.5) is 0 Å². The molecule has 0 aliphatic carbocycles. The van der Waals surface area contributed by atoms with Gasteiger partial charge in [-0.05, 0) is 18.2 Å². The molecule has 0 spiro atoms. The highest BCUT2D eigenvalue weighted by molar-refractivity contribution is 5.95. The fraction of sp³-hybridized carbons (Fsp3) is 0.200. The Morgan fingerprint density at radius 3 is 1.94 bits per heavy atom. The molecular weight excluding hydrogens is 392 g/mol. The highest BCUT2D eigenvalue weighted by atomic mass is 16.7. The van der Waals surface area contributed by atoms with Crippen molar-refractivity contribution >= 4 is 12.3 Å². The van der Waals surface area contributed by atoms with Crippen molar-refractivity contribution in [2.24, 2.45) is 0 Å². The van der Waals surface area contributed by atoms with Crippen molar-refractivity contribution in [1.82, 2.24) is 9.80 Å². The van der Waals surface area contributed by atoms with Gasteiger partial charge in [0.05, 0.1) is 0 Å². The summed E-state index contributed by atoms with van der Waals surface area (Å²) in [4.78, 5) is 27.4. The number of nitrogens with zero attached hydrogens (tertiary/aromatic N) is 2. The van der Waals surface area contributed by atoms with E-state index in [0.29, 0.717) is 43.2 Å². The van der Waals surface area contributed by atoms with Crippen LogP contribution in [0.1, 0.15) is 21.5 Å². The van der Waals surface area contributed by atoms with Crippen LogP contribution in [0.15, 0.2) is 78.9 Å². The lowest BCUT2D eigenvalue weighted by Crippen LogP contribution is -2.48. The Labute approximate surface area is 180 Å². The molecule has 2 amide bonds. The van der Waals surface area contributed by atoms with Crippen LogP contribution in [0.2, 0.25) is 0 Å². The summed E-state index contributed by atoms with van der Waals surface area (Å²) in [5, 5.41) is 0. The Bertz CT molecular complexity index is 1050. The van der Waals surface area contributed by atoms with Crippen LogP contribution in [-0.4, -0.2) is 48.3 Å². The number of carbonyl (C=O) groups is 2. The first-order chi connectivity index (χ1) is 15.2. The standard InChI is InChI=1S/C25H22N2O4/c28-18-26-13-15-27(16-14-26)24(29)19-11-12-22-23(17-19)31-25(30-22,20-7-3-1-4-8-20)21-9-5-2-6-10-21/h1-12,17-18H,13-16H2. The van der Waals surface area contributed by atoms with Gasteiger partial charge in [0.15, 0.2) is 11.5 Å². The molecule has 6 nitrogen and oxygen atoms in total. The van der Waals surface area contributed by atoms with Crippen LogP contribution in [0.25, 0.3) is 0 Å². The third-order valence-corrected chi connectivity index (χ3v) is 5.76. The fourth-order valence-electron chi connectivity index (χ4n) is 4.07. The lowest BCUT2D eigenvalue weighted by atomic mass is 9.97. The van der Waals surface area contributed by atoms with Gasteiger partial charge in [0, 0.05) is 42.9 Å². The van der Waals surface area contributed by atoms with Gasteiger partial charge < -0.3 is 19.3 Å². The molecular formula is C25H22N2O4. The molecule has 0 unspecified atom stereocenters. The highest BCUT2D eigenvalue weighted by Gasteiger charge is 2.45. The molecule has 5 rings (SSSR count). The summed E-state index contributed by atoms with van der Waals surface area (Å²) in [5.74, 6) is -0.0590. The van der Waals surface area contributed by atoms with E-state index in [2.05, 4.69) is 0 Å². The van der Waals surface area contributed by atoms with Gasteiger partial charge in [0.1, 0.15) is 0 Å². The number of hydrogen-bond acceptors (Lipinski definition) is 4. The summed E-state index contributed by atoms with van der Waals surface area (Å²) in [7, 11) is 0. The topological polar surface area (TPSA) is 59.1 Å². The summed E-state index contributed by atoms with van der Waals surface area (Å²) in [6.07, 6.45) is 0.829. The molecule has 0 N–H and O–H groups in total. The van der Waals surface area contributed by atoms with Crippen molar-refractivity contribution in [1.29, 1.82) is 0 Å². The minimum atomic E-state index is -1.11. The number of ether oxygens (including phenoxy) is 2. The average Bonchev–Trinajstić information content (AvgIpc) is 3.25. The number of piperazine rings is 1. The zero-order valence-electron chi connectivity index (χ0n) is 16.9. The average molecular weight is 414 g/mol. The van der Waals surface area contributed by atoms with Crippen molar-refractivity contribution in [2.75, 3.05) is 26.2 Å². The second-order valence-corrected chi connectivity index (χ2v) is 7.65. The monoisotopic (exact) mass is 414 g/mol. The SMILES string of the molecule is O=CN1CCN(C(=O)c2ccc3c(c2)OC(c2ccccc2)(c2ccccc2)O3)CC1. The number of hydrogen-bond donors (Lipinski definition) is 0. The van der Waals surface area contributed by atoms with E-state index in [-0.39, 0.29) is 5.91 Å². The fourth-order valence-corrected chi connectivity index (χ4v) is 4.07. The molecule has 3 aromatic rings. The maximum Gasteiger partial charge on any atom is 0.305 e. The van der Waals surface area contributed by atoms with Crippen LogP contribution in [0.5, 0.6) is 11.5 Å². The number of rotatable bonds is 4. The Balaban J connectivity index is 1.46. The van der Waals surface area contributed by atoms with Gasteiger partial charge in [0.2, 0.25) is 6.41 Å². The normalized spacial score (nSPS) is 16.8. The molecule has 0 atom stereocenters. The van der Waals surface area contributed by atoms with Crippen LogP contribution < -0.4 is 9.47 Å². The van der Waals surface area contributed by atoms with E-state index in [0.717, 1.165) is 17.5 Å². The molecule has 1 fully saturated rings. The third-order valence-electron chi connectivity index (χ3n) is 5.76. The van der Waals surface area contributed by atoms with E-state index in [9.17, 15) is 9.59 Å². The molecule has 2 aliphatic rings. The van der Waals surface area contributed by atoms with E-state index < -0.39 is 5.79 Å². The van der Waals surface area contributed by atoms with Crippen LogP contribution in [0, 0.1) is 0 Å². The molecule has 0 aromatic heterocycles. The smallest absolute Gasteiger partial charge is 0.305 e. The summed E-state index contributed by atoms with van der Waals surface area (Å²) in [6, 6.07) is 24.9. The quantitative estimate of drug-likeness (QED) is 0.615. The van der Waals surface area contributed by atoms with Gasteiger partial charge in [-0.1, -0.05) is 60.7 Å². The summed E-state index contributed by atoms with van der Waals surface area (Å²) in [5.41, 5.74) is 2.28. The van der Waals surface area contributed by atoms with Gasteiger partial charge >= 0.3 is 5.79 Å². The van der Waals surface area contributed by atoms with Gasteiger partial charge in [-0.3, -0.25) is 9.59 Å². The maximum atomic E-state index is 13.0. The number of carbonyl (C=O) groups excluding carboxylic acids is 2. The minimum Gasteiger partial charge on any atom is -0.440 e.